The van der Waals surface area contributed by atoms with E-state index in [4.69, 9.17) is 0 Å². The molecule has 1 aliphatic heterocycles. The van der Waals surface area contributed by atoms with Gasteiger partial charge in [0.25, 0.3) is 5.91 Å². The maximum absolute atomic E-state index is 13.1. The number of aryl methyl sites for hydroxylation is 3. The van der Waals surface area contributed by atoms with Crippen LogP contribution in [0.3, 0.4) is 0 Å². The molecule has 2 aromatic rings. The molecule has 1 spiro atoms. The zero-order chi connectivity index (χ0) is 19.9. The van der Waals surface area contributed by atoms with Crippen molar-refractivity contribution >= 4 is 23.5 Å². The van der Waals surface area contributed by atoms with Gasteiger partial charge in [-0.1, -0.05) is 30.3 Å². The topological polar surface area (TPSA) is 78.5 Å². The summed E-state index contributed by atoms with van der Waals surface area (Å²) in [5.41, 5.74) is 4.19. The number of rotatable bonds is 3. The van der Waals surface area contributed by atoms with E-state index in [1.807, 2.05) is 50.2 Å². The van der Waals surface area contributed by atoms with E-state index in [9.17, 15) is 14.4 Å². The molecule has 1 fully saturated rings. The van der Waals surface area contributed by atoms with Crippen LogP contribution in [0.5, 0.6) is 0 Å². The zero-order valence-corrected chi connectivity index (χ0v) is 16.0. The lowest BCUT2D eigenvalue weighted by molar-refractivity contribution is -0.134. The molecule has 1 atom stereocenters. The van der Waals surface area contributed by atoms with Gasteiger partial charge in [0.1, 0.15) is 12.1 Å². The number of amides is 4. The fraction of sp³-hybridized carbons (Fsp3) is 0.318. The number of imide groups is 1. The Morgan fingerprint density at radius 2 is 1.86 bits per heavy atom. The van der Waals surface area contributed by atoms with Crippen LogP contribution in [0.15, 0.2) is 42.5 Å². The predicted molar refractivity (Wildman–Crippen MR) is 106 cm³/mol. The molecule has 2 aliphatic rings. The number of carbonyl (C=O) groups excluding carboxylic acids is 3. The van der Waals surface area contributed by atoms with E-state index in [1.54, 1.807) is 0 Å². The second kappa shape index (κ2) is 6.78. The molecule has 0 bridgehead atoms. The molecule has 1 heterocycles. The summed E-state index contributed by atoms with van der Waals surface area (Å²) in [5, 5.41) is 5.63. The van der Waals surface area contributed by atoms with Gasteiger partial charge in [0, 0.05) is 12.1 Å². The number of carbonyl (C=O) groups is 3. The minimum atomic E-state index is -0.938. The van der Waals surface area contributed by atoms with Gasteiger partial charge in [-0.25, -0.2) is 4.79 Å². The lowest BCUT2D eigenvalue weighted by Crippen LogP contribution is -2.51. The third kappa shape index (κ3) is 3.15. The highest BCUT2D eigenvalue weighted by Gasteiger charge is 2.52. The molecule has 1 aliphatic carbocycles. The molecule has 6 heteroatoms. The van der Waals surface area contributed by atoms with Crippen molar-refractivity contribution in [3.63, 3.8) is 0 Å². The normalized spacial score (nSPS) is 20.9. The number of fused-ring (bicyclic) bond motifs is 1. The van der Waals surface area contributed by atoms with E-state index in [-0.39, 0.29) is 18.4 Å². The first kappa shape index (κ1) is 18.2. The van der Waals surface area contributed by atoms with Crippen LogP contribution in [0.1, 0.15) is 28.7 Å². The van der Waals surface area contributed by atoms with Crippen LogP contribution in [-0.4, -0.2) is 34.8 Å². The lowest BCUT2D eigenvalue weighted by Gasteiger charge is -2.32. The Labute approximate surface area is 163 Å². The van der Waals surface area contributed by atoms with Crippen LogP contribution < -0.4 is 10.6 Å². The Bertz CT molecular complexity index is 985. The highest BCUT2D eigenvalue weighted by molar-refractivity contribution is 6.10. The molecule has 144 valence electrons. The molecule has 6 nitrogen and oxygen atoms in total. The largest absolute Gasteiger partial charge is 0.325 e. The van der Waals surface area contributed by atoms with E-state index < -0.39 is 11.6 Å². The molecule has 2 N–H and O–H groups in total. The van der Waals surface area contributed by atoms with E-state index in [0.717, 1.165) is 28.0 Å². The maximum Gasteiger partial charge on any atom is 0.325 e. The summed E-state index contributed by atoms with van der Waals surface area (Å²) in [6.07, 6.45) is 1.73. The average Bonchev–Trinajstić information content (AvgIpc) is 2.88. The molecule has 4 rings (SSSR count). The minimum Gasteiger partial charge on any atom is -0.325 e. The van der Waals surface area contributed by atoms with Crippen molar-refractivity contribution in [2.24, 2.45) is 0 Å². The Balaban J connectivity index is 1.47. The zero-order valence-electron chi connectivity index (χ0n) is 16.0. The average molecular weight is 377 g/mol. The van der Waals surface area contributed by atoms with Gasteiger partial charge >= 0.3 is 6.03 Å². The Kier molecular flexibility index (Phi) is 4.41. The highest BCUT2D eigenvalue weighted by atomic mass is 16.2. The number of anilines is 1. The molecule has 1 unspecified atom stereocenters. The number of nitrogens with one attached hydrogen (secondary N) is 2. The number of hydrogen-bond donors (Lipinski definition) is 2. The van der Waals surface area contributed by atoms with Crippen molar-refractivity contribution in [2.45, 2.75) is 38.6 Å². The number of nitrogens with zero attached hydrogens (tertiary/aromatic N) is 1. The summed E-state index contributed by atoms with van der Waals surface area (Å²) in [7, 11) is 0. The summed E-state index contributed by atoms with van der Waals surface area (Å²) in [6, 6.07) is 13.1. The van der Waals surface area contributed by atoms with Crippen LogP contribution in [0, 0.1) is 13.8 Å². The molecule has 28 heavy (non-hydrogen) atoms. The van der Waals surface area contributed by atoms with Gasteiger partial charge in [0.05, 0.1) is 0 Å². The summed E-state index contributed by atoms with van der Waals surface area (Å²) in [4.78, 5) is 39.0. The number of hydrogen-bond acceptors (Lipinski definition) is 3. The fourth-order valence-corrected chi connectivity index (χ4v) is 4.01. The van der Waals surface area contributed by atoms with Crippen LogP contribution in [-0.2, 0) is 22.4 Å². The quantitative estimate of drug-likeness (QED) is 0.808. The van der Waals surface area contributed by atoms with Crippen LogP contribution in [0.2, 0.25) is 0 Å². The van der Waals surface area contributed by atoms with Crippen LogP contribution in [0.4, 0.5) is 10.5 Å². The molecule has 1 saturated heterocycles. The van der Waals surface area contributed by atoms with E-state index in [2.05, 4.69) is 16.7 Å². The standard InChI is InChI=1S/C22H23N3O3/c1-14-7-8-18(11-15(14)2)23-19(26)13-25-20(27)22(24-21(25)28)10-9-16-5-3-4-6-17(16)12-22/h3-8,11H,9-10,12-13H2,1-2H3,(H,23,26)(H,24,28). The van der Waals surface area contributed by atoms with Crippen molar-refractivity contribution in [2.75, 3.05) is 11.9 Å². The summed E-state index contributed by atoms with van der Waals surface area (Å²) in [5.74, 6) is -0.706. The molecule has 0 aromatic heterocycles. The Hall–Kier alpha value is -3.15. The van der Waals surface area contributed by atoms with Gasteiger partial charge in [-0.2, -0.15) is 0 Å². The lowest BCUT2D eigenvalue weighted by atomic mass is 9.78. The summed E-state index contributed by atoms with van der Waals surface area (Å²) < 4.78 is 0. The Morgan fingerprint density at radius 3 is 2.61 bits per heavy atom. The number of urea groups is 1. The fourth-order valence-electron chi connectivity index (χ4n) is 4.01. The number of benzene rings is 2. The van der Waals surface area contributed by atoms with Gasteiger partial charge in [0.15, 0.2) is 0 Å². The third-order valence-corrected chi connectivity index (χ3v) is 5.77. The molecule has 4 amide bonds. The van der Waals surface area contributed by atoms with Gasteiger partial charge in [-0.3, -0.25) is 14.5 Å². The first-order chi connectivity index (χ1) is 13.4. The second-order valence-electron chi connectivity index (χ2n) is 7.70. The maximum atomic E-state index is 13.1. The van der Waals surface area contributed by atoms with E-state index >= 15 is 0 Å². The smallest absolute Gasteiger partial charge is 0.325 e. The predicted octanol–water partition coefficient (Wildman–Crippen LogP) is 2.72. The van der Waals surface area contributed by atoms with Crippen molar-refractivity contribution in [1.29, 1.82) is 0 Å². The first-order valence-electron chi connectivity index (χ1n) is 9.46. The van der Waals surface area contributed by atoms with Crippen molar-refractivity contribution < 1.29 is 14.4 Å². The third-order valence-electron chi connectivity index (χ3n) is 5.77. The van der Waals surface area contributed by atoms with Crippen molar-refractivity contribution in [1.82, 2.24) is 10.2 Å². The molecule has 0 saturated carbocycles. The van der Waals surface area contributed by atoms with Crippen molar-refractivity contribution in [3.8, 4) is 0 Å². The van der Waals surface area contributed by atoms with E-state index in [1.165, 1.54) is 5.56 Å². The first-order valence-corrected chi connectivity index (χ1v) is 9.46. The van der Waals surface area contributed by atoms with Crippen LogP contribution >= 0.6 is 0 Å². The van der Waals surface area contributed by atoms with Gasteiger partial charge in [0.2, 0.25) is 5.91 Å². The monoisotopic (exact) mass is 377 g/mol. The summed E-state index contributed by atoms with van der Waals surface area (Å²) in [6.45, 7) is 3.67. The molecular weight excluding hydrogens is 354 g/mol. The van der Waals surface area contributed by atoms with Crippen LogP contribution in [0.25, 0.3) is 0 Å². The minimum absolute atomic E-state index is 0.291. The SMILES string of the molecule is Cc1ccc(NC(=O)CN2C(=O)NC3(CCc4ccccc4C3)C2=O)cc1C. The molecular formula is C22H23N3O3. The summed E-state index contributed by atoms with van der Waals surface area (Å²) >= 11 is 0. The molecule has 2 aromatic carbocycles. The van der Waals surface area contributed by atoms with Gasteiger partial charge < -0.3 is 10.6 Å². The van der Waals surface area contributed by atoms with Gasteiger partial charge in [-0.15, -0.1) is 0 Å². The second-order valence-corrected chi connectivity index (χ2v) is 7.70. The highest BCUT2D eigenvalue weighted by Crippen LogP contribution is 2.33. The van der Waals surface area contributed by atoms with E-state index in [0.29, 0.717) is 18.5 Å². The van der Waals surface area contributed by atoms with Crippen molar-refractivity contribution in [3.05, 3.63) is 64.7 Å². The van der Waals surface area contributed by atoms with Gasteiger partial charge in [-0.05, 0) is 61.1 Å². The Morgan fingerprint density at radius 1 is 1.11 bits per heavy atom. The molecule has 0 radical (unpaired) electrons.